The van der Waals surface area contributed by atoms with E-state index in [1.54, 1.807) is 12.1 Å². The van der Waals surface area contributed by atoms with Crippen molar-refractivity contribution >= 4 is 39.0 Å². The fourth-order valence-corrected chi connectivity index (χ4v) is 8.20. The Balaban J connectivity index is 1.28. The molecule has 1 aliphatic heterocycles. The van der Waals surface area contributed by atoms with Gasteiger partial charge in [0, 0.05) is 25.7 Å². The highest BCUT2D eigenvalue weighted by Gasteiger charge is 2.41. The molecule has 0 spiro atoms. The van der Waals surface area contributed by atoms with E-state index in [0.29, 0.717) is 20.4 Å². The number of rotatable bonds is 6. The van der Waals surface area contributed by atoms with Gasteiger partial charge in [0.15, 0.2) is 0 Å². The molecule has 5 rings (SSSR count). The van der Waals surface area contributed by atoms with Gasteiger partial charge in [-0.25, -0.2) is 13.1 Å². The van der Waals surface area contributed by atoms with E-state index in [2.05, 4.69) is 40.0 Å². The van der Waals surface area contributed by atoms with Gasteiger partial charge in [-0.3, -0.25) is 4.90 Å². The summed E-state index contributed by atoms with van der Waals surface area (Å²) < 4.78 is 35.1. The molecule has 1 aromatic heterocycles. The highest BCUT2D eigenvalue weighted by atomic mass is 35.5. The number of hydrogen-bond donors (Lipinski definition) is 1. The fourth-order valence-electron chi connectivity index (χ4n) is 5.33. The molecule has 0 amide bonds. The number of thiophene rings is 1. The second kappa shape index (κ2) is 9.57. The number of morpholine rings is 1. The maximum Gasteiger partial charge on any atom is 0.250 e. The molecule has 5 nitrogen and oxygen atoms in total. The Kier molecular flexibility index (Phi) is 6.75. The molecule has 3 aliphatic rings. The predicted molar refractivity (Wildman–Crippen MR) is 130 cm³/mol. The van der Waals surface area contributed by atoms with Crippen LogP contribution in [0.3, 0.4) is 0 Å². The van der Waals surface area contributed by atoms with Gasteiger partial charge >= 0.3 is 0 Å². The first-order chi connectivity index (χ1) is 15.5. The minimum absolute atomic E-state index is 0.0198. The van der Waals surface area contributed by atoms with Crippen molar-refractivity contribution in [1.82, 2.24) is 9.62 Å². The van der Waals surface area contributed by atoms with Crippen molar-refractivity contribution in [3.8, 4) is 0 Å². The normalized spacial score (nSPS) is 26.3. The Morgan fingerprint density at radius 3 is 2.56 bits per heavy atom. The molecule has 32 heavy (non-hydrogen) atoms. The highest BCUT2D eigenvalue weighted by molar-refractivity contribution is 7.91. The minimum atomic E-state index is -3.54. The number of sulfonamides is 1. The van der Waals surface area contributed by atoms with Gasteiger partial charge in [0.05, 0.1) is 17.6 Å². The van der Waals surface area contributed by atoms with Crippen molar-refractivity contribution in [1.29, 1.82) is 0 Å². The van der Waals surface area contributed by atoms with Gasteiger partial charge in [0.1, 0.15) is 4.21 Å². The summed E-state index contributed by atoms with van der Waals surface area (Å²) in [6, 6.07) is 9.96. The Morgan fingerprint density at radius 2 is 1.84 bits per heavy atom. The van der Waals surface area contributed by atoms with Gasteiger partial charge in [-0.15, -0.1) is 11.3 Å². The number of nitrogens with zero attached hydrogens (tertiary/aromatic N) is 1. The average molecular weight is 493 g/mol. The van der Waals surface area contributed by atoms with Gasteiger partial charge in [0.25, 0.3) is 0 Å². The Bertz CT molecular complexity index is 1090. The topological polar surface area (TPSA) is 58.6 Å². The Morgan fingerprint density at radius 1 is 1.09 bits per heavy atom. The van der Waals surface area contributed by atoms with Crippen LogP contribution < -0.4 is 4.72 Å². The van der Waals surface area contributed by atoms with Crippen LogP contribution in [0.2, 0.25) is 4.34 Å². The maximum absolute atomic E-state index is 12.9. The number of fused-ring (bicyclic) bond motifs is 3. The zero-order valence-electron chi connectivity index (χ0n) is 18.0. The molecular weight excluding hydrogens is 464 g/mol. The summed E-state index contributed by atoms with van der Waals surface area (Å²) in [6.07, 6.45) is 8.44. The van der Waals surface area contributed by atoms with E-state index in [9.17, 15) is 8.42 Å². The van der Waals surface area contributed by atoms with E-state index in [1.165, 1.54) is 16.7 Å². The first kappa shape index (κ1) is 22.6. The predicted octanol–water partition coefficient (Wildman–Crippen LogP) is 4.22. The molecule has 0 unspecified atom stereocenters. The van der Waals surface area contributed by atoms with Crippen molar-refractivity contribution in [2.24, 2.45) is 11.8 Å². The zero-order valence-corrected chi connectivity index (χ0v) is 20.4. The number of nitrogens with one attached hydrogen (secondary N) is 1. The van der Waals surface area contributed by atoms with Crippen molar-refractivity contribution in [2.75, 3.05) is 32.8 Å². The molecule has 2 aliphatic carbocycles. The molecule has 2 aromatic rings. The van der Waals surface area contributed by atoms with E-state index in [1.807, 2.05) is 0 Å². The van der Waals surface area contributed by atoms with Crippen LogP contribution in [0, 0.1) is 11.8 Å². The zero-order chi connectivity index (χ0) is 22.1. The highest BCUT2D eigenvalue weighted by Crippen LogP contribution is 2.41. The Hall–Kier alpha value is -1.22. The molecule has 2 heterocycles. The number of hydrogen-bond acceptors (Lipinski definition) is 5. The molecule has 1 N–H and O–H groups in total. The SMILES string of the molecule is O=S(=O)(N[C@@H]1[C@@H]2CC[C@H]1Cc1cc(/C=C/CN3CCOCC3)ccc1C2)c1ccc(Cl)s1. The second-order valence-corrected chi connectivity index (χ2v) is 12.7. The smallest absolute Gasteiger partial charge is 0.250 e. The first-order valence-electron chi connectivity index (χ1n) is 11.3. The van der Waals surface area contributed by atoms with Crippen LogP contribution in [0.15, 0.2) is 40.6 Å². The van der Waals surface area contributed by atoms with E-state index in [0.717, 1.165) is 69.9 Å². The summed E-state index contributed by atoms with van der Waals surface area (Å²) in [5.74, 6) is 0.674. The first-order valence-corrected chi connectivity index (χ1v) is 14.0. The molecule has 2 fully saturated rings. The molecule has 1 saturated carbocycles. The van der Waals surface area contributed by atoms with Crippen molar-refractivity contribution < 1.29 is 13.2 Å². The number of benzene rings is 1. The summed E-state index contributed by atoms with van der Waals surface area (Å²) in [4.78, 5) is 2.40. The third-order valence-corrected chi connectivity index (χ3v) is 10.2. The molecule has 0 radical (unpaired) electrons. The standard InChI is InChI=1S/C24H29ClN2O3S2/c25-22-7-8-23(31-22)32(28,29)26-24-19-5-6-20(24)16-21-14-17(3-4-18(21)15-19)2-1-9-27-10-12-30-13-11-27/h1-4,7-8,14,19-20,24,26H,5-6,9-13,15-16H2/b2-1+/t19-,20+,24-/m1/s1. The lowest BCUT2D eigenvalue weighted by atomic mass is 9.92. The molecular formula is C24H29ClN2O3S2. The van der Waals surface area contributed by atoms with Crippen LogP contribution in [0.25, 0.3) is 6.08 Å². The Labute approximate surface area is 199 Å². The van der Waals surface area contributed by atoms with Gasteiger partial charge in [-0.1, -0.05) is 42.0 Å². The molecule has 8 heteroatoms. The number of ether oxygens (including phenoxy) is 1. The monoisotopic (exact) mass is 492 g/mol. The van der Waals surface area contributed by atoms with Crippen LogP contribution in [0.1, 0.15) is 29.5 Å². The van der Waals surface area contributed by atoms with E-state index in [-0.39, 0.29) is 6.04 Å². The third kappa shape index (κ3) is 4.98. The molecule has 1 aromatic carbocycles. The van der Waals surface area contributed by atoms with Crippen LogP contribution in [0.4, 0.5) is 0 Å². The van der Waals surface area contributed by atoms with Crippen molar-refractivity contribution in [3.63, 3.8) is 0 Å². The lowest BCUT2D eigenvalue weighted by molar-refractivity contribution is 0.0435. The largest absolute Gasteiger partial charge is 0.379 e. The molecule has 172 valence electrons. The summed E-state index contributed by atoms with van der Waals surface area (Å²) in [7, 11) is -3.54. The van der Waals surface area contributed by atoms with Crippen LogP contribution in [0.5, 0.6) is 0 Å². The summed E-state index contributed by atoms with van der Waals surface area (Å²) in [5.41, 5.74) is 3.96. The maximum atomic E-state index is 12.9. The van der Waals surface area contributed by atoms with E-state index >= 15 is 0 Å². The molecule has 3 atom stereocenters. The van der Waals surface area contributed by atoms with E-state index in [4.69, 9.17) is 16.3 Å². The minimum Gasteiger partial charge on any atom is -0.379 e. The van der Waals surface area contributed by atoms with Crippen LogP contribution >= 0.6 is 22.9 Å². The van der Waals surface area contributed by atoms with Crippen molar-refractivity contribution in [2.45, 2.75) is 35.9 Å². The molecule has 1 saturated heterocycles. The quantitative estimate of drug-likeness (QED) is 0.656. The van der Waals surface area contributed by atoms with Crippen LogP contribution in [-0.2, 0) is 27.6 Å². The molecule has 2 bridgehead atoms. The van der Waals surface area contributed by atoms with Gasteiger partial charge in [-0.2, -0.15) is 0 Å². The lowest BCUT2D eigenvalue weighted by Crippen LogP contribution is -2.41. The van der Waals surface area contributed by atoms with Crippen molar-refractivity contribution in [3.05, 3.63) is 57.4 Å². The number of halogens is 1. The van der Waals surface area contributed by atoms with Gasteiger partial charge < -0.3 is 4.74 Å². The summed E-state index contributed by atoms with van der Waals surface area (Å²) >= 11 is 7.09. The van der Waals surface area contributed by atoms with Crippen LogP contribution in [-0.4, -0.2) is 52.2 Å². The second-order valence-electron chi connectivity index (χ2n) is 9.05. The lowest BCUT2D eigenvalue weighted by Gasteiger charge is -2.25. The third-order valence-electron chi connectivity index (χ3n) is 7.00. The summed E-state index contributed by atoms with van der Waals surface area (Å²) in [6.45, 7) is 4.57. The van der Waals surface area contributed by atoms with Gasteiger partial charge in [0.2, 0.25) is 10.0 Å². The van der Waals surface area contributed by atoms with E-state index < -0.39 is 10.0 Å². The fraction of sp³-hybridized carbons (Fsp3) is 0.500. The summed E-state index contributed by atoms with van der Waals surface area (Å²) in [5, 5.41) is 0. The van der Waals surface area contributed by atoms with Gasteiger partial charge in [-0.05, 0) is 66.3 Å². The average Bonchev–Trinajstić information content (AvgIpc) is 3.33.